The van der Waals surface area contributed by atoms with Crippen molar-refractivity contribution in [2.75, 3.05) is 33.2 Å². The number of hydrogen-bond donors (Lipinski definition) is 2. The van der Waals surface area contributed by atoms with Crippen molar-refractivity contribution in [3.8, 4) is 0 Å². The first-order valence-corrected chi connectivity index (χ1v) is 9.41. The van der Waals surface area contributed by atoms with Crippen molar-refractivity contribution in [2.24, 2.45) is 4.99 Å². The summed E-state index contributed by atoms with van der Waals surface area (Å²) in [4.78, 5) is 7.00. The largest absolute Gasteiger partial charge is 0.357 e. The molecule has 0 atom stereocenters. The van der Waals surface area contributed by atoms with E-state index in [-0.39, 0.29) is 29.8 Å². The molecule has 0 spiro atoms. The Labute approximate surface area is 176 Å². The Hall–Kier alpha value is -0.890. The third-order valence-corrected chi connectivity index (χ3v) is 4.41. The molecule has 0 saturated heterocycles. The number of nitrogens with zero attached hydrogens (tertiary/aromatic N) is 2. The summed E-state index contributed by atoms with van der Waals surface area (Å²) >= 11 is 0. The Morgan fingerprint density at radius 2 is 1.96 bits per heavy atom. The Morgan fingerprint density at radius 1 is 1.23 bits per heavy atom. The number of halogens is 2. The molecule has 26 heavy (non-hydrogen) atoms. The second kappa shape index (κ2) is 14.2. The molecule has 1 aromatic carbocycles. The van der Waals surface area contributed by atoms with Crippen molar-refractivity contribution in [1.29, 1.82) is 0 Å². The van der Waals surface area contributed by atoms with E-state index in [1.165, 1.54) is 11.6 Å². The van der Waals surface area contributed by atoms with Crippen LogP contribution >= 0.6 is 24.0 Å². The van der Waals surface area contributed by atoms with Gasteiger partial charge in [0, 0.05) is 25.7 Å². The Bertz CT molecular complexity index is 535. The van der Waals surface area contributed by atoms with Gasteiger partial charge in [0.05, 0.1) is 0 Å². The van der Waals surface area contributed by atoms with E-state index in [0.29, 0.717) is 6.04 Å². The molecule has 0 aliphatic carbocycles. The first-order chi connectivity index (χ1) is 11.9. The third kappa shape index (κ3) is 10.3. The van der Waals surface area contributed by atoms with Gasteiger partial charge in [0.2, 0.25) is 0 Å². The zero-order valence-corrected chi connectivity index (χ0v) is 19.3. The molecule has 0 aromatic heterocycles. The normalized spacial score (nSPS) is 11.6. The molecular weight excluding hydrogens is 442 g/mol. The molecular formula is C20H36FIN4. The number of guanidine groups is 1. The number of rotatable bonds is 10. The van der Waals surface area contributed by atoms with E-state index < -0.39 is 0 Å². The first-order valence-electron chi connectivity index (χ1n) is 9.41. The number of aryl methyl sites for hydroxylation is 1. The number of hydrogen-bond acceptors (Lipinski definition) is 2. The minimum Gasteiger partial charge on any atom is -0.357 e. The van der Waals surface area contributed by atoms with Crippen molar-refractivity contribution in [2.45, 2.75) is 53.0 Å². The van der Waals surface area contributed by atoms with Crippen LogP contribution in [0.15, 0.2) is 23.2 Å². The lowest BCUT2D eigenvalue weighted by atomic mass is 10.1. The lowest BCUT2D eigenvalue weighted by Crippen LogP contribution is -2.38. The highest BCUT2D eigenvalue weighted by Crippen LogP contribution is 2.10. The van der Waals surface area contributed by atoms with E-state index in [1.807, 2.05) is 13.0 Å². The van der Waals surface area contributed by atoms with Crippen LogP contribution in [0.25, 0.3) is 0 Å². The van der Waals surface area contributed by atoms with Gasteiger partial charge >= 0.3 is 0 Å². The van der Waals surface area contributed by atoms with Crippen LogP contribution in [0.5, 0.6) is 0 Å². The summed E-state index contributed by atoms with van der Waals surface area (Å²) in [5.41, 5.74) is 2.17. The topological polar surface area (TPSA) is 39.7 Å². The van der Waals surface area contributed by atoms with Crippen LogP contribution in [0, 0.1) is 12.7 Å². The summed E-state index contributed by atoms with van der Waals surface area (Å²) in [6.07, 6.45) is 3.10. The predicted molar refractivity (Wildman–Crippen MR) is 121 cm³/mol. The zero-order valence-electron chi connectivity index (χ0n) is 16.9. The molecule has 0 unspecified atom stereocenters. The van der Waals surface area contributed by atoms with Gasteiger partial charge < -0.3 is 15.5 Å². The zero-order chi connectivity index (χ0) is 18.7. The highest BCUT2D eigenvalue weighted by Gasteiger charge is 2.03. The van der Waals surface area contributed by atoms with Crippen molar-refractivity contribution >= 4 is 29.9 Å². The van der Waals surface area contributed by atoms with E-state index in [2.05, 4.69) is 48.3 Å². The minimum atomic E-state index is -0.174. The first kappa shape index (κ1) is 25.1. The number of aliphatic imine (C=N–C) groups is 1. The number of unbranched alkanes of at least 4 members (excludes halogenated alkanes) is 1. The number of benzene rings is 1. The summed E-state index contributed by atoms with van der Waals surface area (Å²) in [6.45, 7) is 12.0. The van der Waals surface area contributed by atoms with Crippen LogP contribution < -0.4 is 10.6 Å². The highest BCUT2D eigenvalue weighted by molar-refractivity contribution is 14.0. The molecule has 0 bridgehead atoms. The Balaban J connectivity index is 0.00000625. The molecule has 0 aliphatic rings. The van der Waals surface area contributed by atoms with Crippen molar-refractivity contribution < 1.29 is 4.39 Å². The van der Waals surface area contributed by atoms with Crippen molar-refractivity contribution in [3.05, 3.63) is 35.1 Å². The SMILES string of the molecule is CCNC(=NCCCCN(C)C(C)C)NCCc1ccc(F)cc1C.I. The van der Waals surface area contributed by atoms with Crippen LogP contribution in [0.4, 0.5) is 4.39 Å². The van der Waals surface area contributed by atoms with Crippen LogP contribution in [0.2, 0.25) is 0 Å². The lowest BCUT2D eigenvalue weighted by Gasteiger charge is -2.20. The van der Waals surface area contributed by atoms with Gasteiger partial charge in [-0.2, -0.15) is 0 Å². The van der Waals surface area contributed by atoms with Gasteiger partial charge in [-0.1, -0.05) is 6.07 Å². The summed E-state index contributed by atoms with van der Waals surface area (Å²) < 4.78 is 13.1. The average Bonchev–Trinajstić information content (AvgIpc) is 2.56. The smallest absolute Gasteiger partial charge is 0.191 e. The summed E-state index contributed by atoms with van der Waals surface area (Å²) in [6, 6.07) is 5.57. The molecule has 0 aliphatic heterocycles. The fourth-order valence-electron chi connectivity index (χ4n) is 2.52. The fourth-order valence-corrected chi connectivity index (χ4v) is 2.52. The van der Waals surface area contributed by atoms with Gasteiger partial charge in [0.25, 0.3) is 0 Å². The summed E-state index contributed by atoms with van der Waals surface area (Å²) in [5.74, 6) is 0.687. The van der Waals surface area contributed by atoms with Gasteiger partial charge in [0.15, 0.2) is 5.96 Å². The van der Waals surface area contributed by atoms with Crippen molar-refractivity contribution in [1.82, 2.24) is 15.5 Å². The second-order valence-corrected chi connectivity index (χ2v) is 6.79. The van der Waals surface area contributed by atoms with E-state index in [4.69, 9.17) is 0 Å². The molecule has 6 heteroatoms. The molecule has 0 fully saturated rings. The Kier molecular flexibility index (Phi) is 13.7. The standard InChI is InChI=1S/C20H35FN4.HI/c1-6-22-20(23-12-7-8-14-25(5)16(2)3)24-13-11-18-9-10-19(21)15-17(18)4;/h9-10,15-16H,6-8,11-14H2,1-5H3,(H2,22,23,24);1H. The van der Waals surface area contributed by atoms with Gasteiger partial charge in [-0.25, -0.2) is 4.39 Å². The van der Waals surface area contributed by atoms with Gasteiger partial charge in [0.1, 0.15) is 5.82 Å². The lowest BCUT2D eigenvalue weighted by molar-refractivity contribution is 0.269. The third-order valence-electron chi connectivity index (χ3n) is 4.41. The predicted octanol–water partition coefficient (Wildman–Crippen LogP) is 3.97. The van der Waals surface area contributed by atoms with Crippen LogP contribution in [-0.2, 0) is 6.42 Å². The van der Waals surface area contributed by atoms with E-state index in [1.54, 1.807) is 6.07 Å². The summed E-state index contributed by atoms with van der Waals surface area (Å²) in [5, 5.41) is 6.64. The molecule has 0 heterocycles. The number of nitrogens with one attached hydrogen (secondary N) is 2. The van der Waals surface area contributed by atoms with Gasteiger partial charge in [-0.3, -0.25) is 4.99 Å². The molecule has 4 nitrogen and oxygen atoms in total. The maximum absolute atomic E-state index is 13.1. The van der Waals surface area contributed by atoms with Crippen LogP contribution in [0.1, 0.15) is 44.7 Å². The van der Waals surface area contributed by atoms with Gasteiger partial charge in [-0.05, 0) is 83.8 Å². The second-order valence-electron chi connectivity index (χ2n) is 6.79. The molecule has 0 saturated carbocycles. The molecule has 0 amide bonds. The van der Waals surface area contributed by atoms with Gasteiger partial charge in [-0.15, -0.1) is 24.0 Å². The molecule has 0 radical (unpaired) electrons. The quantitative estimate of drug-likeness (QED) is 0.232. The average molecular weight is 478 g/mol. The molecule has 150 valence electrons. The Morgan fingerprint density at radius 3 is 2.58 bits per heavy atom. The van der Waals surface area contributed by atoms with E-state index in [0.717, 1.165) is 57.0 Å². The van der Waals surface area contributed by atoms with E-state index in [9.17, 15) is 4.39 Å². The maximum atomic E-state index is 13.1. The van der Waals surface area contributed by atoms with Crippen molar-refractivity contribution in [3.63, 3.8) is 0 Å². The molecule has 1 rings (SSSR count). The fraction of sp³-hybridized carbons (Fsp3) is 0.650. The summed E-state index contributed by atoms with van der Waals surface area (Å²) in [7, 11) is 2.16. The molecule has 1 aromatic rings. The monoisotopic (exact) mass is 478 g/mol. The van der Waals surface area contributed by atoms with Crippen LogP contribution in [-0.4, -0.2) is 50.1 Å². The van der Waals surface area contributed by atoms with Crippen LogP contribution in [0.3, 0.4) is 0 Å². The molecule has 2 N–H and O–H groups in total. The maximum Gasteiger partial charge on any atom is 0.191 e. The van der Waals surface area contributed by atoms with E-state index >= 15 is 0 Å². The highest BCUT2D eigenvalue weighted by atomic mass is 127. The minimum absolute atomic E-state index is 0.